The maximum absolute atomic E-state index is 10.9. The number of hydrogen-bond donors (Lipinski definition) is 0. The molecule has 2 aromatic heterocycles. The lowest BCUT2D eigenvalue weighted by molar-refractivity contribution is 0.112. The van der Waals surface area contributed by atoms with Crippen LogP contribution < -0.4 is 0 Å². The van der Waals surface area contributed by atoms with Crippen molar-refractivity contribution in [3.63, 3.8) is 0 Å². The Hall–Kier alpha value is -3.27. The Kier molecular flexibility index (Phi) is 3.20. The second kappa shape index (κ2) is 5.50. The monoisotopic (exact) mass is 299 g/mol. The zero-order valence-electron chi connectivity index (χ0n) is 12.3. The van der Waals surface area contributed by atoms with Crippen LogP contribution in [0.25, 0.3) is 28.0 Å². The molecule has 23 heavy (non-hydrogen) atoms. The van der Waals surface area contributed by atoms with Gasteiger partial charge in [-0.1, -0.05) is 54.6 Å². The maximum Gasteiger partial charge on any atom is 0.150 e. The highest BCUT2D eigenvalue weighted by Gasteiger charge is 2.14. The molecule has 0 atom stereocenters. The van der Waals surface area contributed by atoms with Gasteiger partial charge in [0.15, 0.2) is 0 Å². The third kappa shape index (κ3) is 2.30. The van der Waals surface area contributed by atoms with Gasteiger partial charge in [0.1, 0.15) is 18.3 Å². The molecule has 4 nitrogen and oxygen atoms in total. The summed E-state index contributed by atoms with van der Waals surface area (Å²) in [6, 6.07) is 17.5. The standard InChI is InChI=1S/C19H13N3O/c23-12-14-6-8-16(9-7-14)18-17(15-4-2-1-3-5-15)19-20-10-11-22(19)13-21-18/h1-13H. The molecule has 0 aliphatic heterocycles. The van der Waals surface area contributed by atoms with Gasteiger partial charge in [0.25, 0.3) is 0 Å². The number of aromatic nitrogens is 3. The summed E-state index contributed by atoms with van der Waals surface area (Å²) in [7, 11) is 0. The molecule has 4 heteroatoms. The predicted molar refractivity (Wildman–Crippen MR) is 89.2 cm³/mol. The molecule has 0 unspecified atom stereocenters. The fourth-order valence-corrected chi connectivity index (χ4v) is 2.70. The Bertz CT molecular complexity index is 973. The summed E-state index contributed by atoms with van der Waals surface area (Å²) < 4.78 is 1.91. The van der Waals surface area contributed by atoms with E-state index in [1.807, 2.05) is 40.9 Å². The number of nitrogens with zero attached hydrogens (tertiary/aromatic N) is 3. The number of carbonyl (C=O) groups excluding carboxylic acids is 1. The van der Waals surface area contributed by atoms with Crippen LogP contribution in [0.4, 0.5) is 0 Å². The first kappa shape index (κ1) is 13.4. The zero-order chi connectivity index (χ0) is 15.6. The summed E-state index contributed by atoms with van der Waals surface area (Å²) in [4.78, 5) is 20.0. The number of benzene rings is 2. The van der Waals surface area contributed by atoms with E-state index in [2.05, 4.69) is 22.1 Å². The van der Waals surface area contributed by atoms with E-state index in [-0.39, 0.29) is 0 Å². The van der Waals surface area contributed by atoms with Crippen LogP contribution in [-0.4, -0.2) is 20.7 Å². The van der Waals surface area contributed by atoms with Crippen molar-refractivity contribution in [1.82, 2.24) is 14.4 Å². The van der Waals surface area contributed by atoms with E-state index >= 15 is 0 Å². The van der Waals surface area contributed by atoms with Crippen LogP contribution in [0.5, 0.6) is 0 Å². The topological polar surface area (TPSA) is 47.3 Å². The smallest absolute Gasteiger partial charge is 0.150 e. The van der Waals surface area contributed by atoms with Gasteiger partial charge in [-0.3, -0.25) is 9.20 Å². The Morgan fingerprint density at radius 1 is 0.870 bits per heavy atom. The van der Waals surface area contributed by atoms with E-state index in [4.69, 9.17) is 0 Å². The minimum Gasteiger partial charge on any atom is -0.298 e. The van der Waals surface area contributed by atoms with E-state index in [0.29, 0.717) is 5.56 Å². The molecular weight excluding hydrogens is 286 g/mol. The van der Waals surface area contributed by atoms with Gasteiger partial charge in [0.05, 0.1) is 11.3 Å². The number of carbonyl (C=O) groups is 1. The second-order valence-electron chi connectivity index (χ2n) is 5.23. The van der Waals surface area contributed by atoms with Crippen LogP contribution in [0.15, 0.2) is 73.3 Å². The molecule has 0 saturated carbocycles. The van der Waals surface area contributed by atoms with Crippen LogP contribution in [-0.2, 0) is 0 Å². The van der Waals surface area contributed by atoms with Crippen molar-refractivity contribution in [1.29, 1.82) is 0 Å². The van der Waals surface area contributed by atoms with Crippen LogP contribution in [0.2, 0.25) is 0 Å². The minimum absolute atomic E-state index is 0.650. The predicted octanol–water partition coefficient (Wildman–Crippen LogP) is 3.88. The molecule has 2 aromatic carbocycles. The highest BCUT2D eigenvalue weighted by Crippen LogP contribution is 2.33. The largest absolute Gasteiger partial charge is 0.298 e. The summed E-state index contributed by atoms with van der Waals surface area (Å²) in [5, 5.41) is 0. The van der Waals surface area contributed by atoms with Crippen LogP contribution in [0.3, 0.4) is 0 Å². The zero-order valence-corrected chi connectivity index (χ0v) is 12.3. The SMILES string of the molecule is O=Cc1ccc(-c2ncn3ccnc3c2-c2ccccc2)cc1. The molecule has 4 aromatic rings. The molecule has 0 aliphatic carbocycles. The lowest BCUT2D eigenvalue weighted by atomic mass is 9.99. The Morgan fingerprint density at radius 2 is 1.65 bits per heavy atom. The third-order valence-electron chi connectivity index (χ3n) is 3.82. The van der Waals surface area contributed by atoms with Crippen molar-refractivity contribution in [2.75, 3.05) is 0 Å². The highest BCUT2D eigenvalue weighted by atomic mass is 16.1. The van der Waals surface area contributed by atoms with E-state index in [1.54, 1.807) is 24.7 Å². The Labute approximate surface area is 133 Å². The van der Waals surface area contributed by atoms with Crippen molar-refractivity contribution in [2.24, 2.45) is 0 Å². The fourth-order valence-electron chi connectivity index (χ4n) is 2.70. The highest BCUT2D eigenvalue weighted by molar-refractivity contribution is 5.90. The molecular formula is C19H13N3O. The summed E-state index contributed by atoms with van der Waals surface area (Å²) >= 11 is 0. The molecule has 0 saturated heterocycles. The second-order valence-corrected chi connectivity index (χ2v) is 5.23. The summed E-state index contributed by atoms with van der Waals surface area (Å²) in [6.07, 6.45) is 6.25. The van der Waals surface area contributed by atoms with E-state index in [0.717, 1.165) is 34.3 Å². The Balaban J connectivity index is 2.00. The van der Waals surface area contributed by atoms with Gasteiger partial charge in [-0.25, -0.2) is 9.97 Å². The molecule has 0 aliphatic rings. The van der Waals surface area contributed by atoms with Crippen molar-refractivity contribution < 1.29 is 4.79 Å². The molecule has 0 amide bonds. The quantitative estimate of drug-likeness (QED) is 0.539. The number of aldehydes is 1. The maximum atomic E-state index is 10.9. The first-order chi connectivity index (χ1) is 11.4. The van der Waals surface area contributed by atoms with E-state index in [1.165, 1.54) is 0 Å². The number of rotatable bonds is 3. The minimum atomic E-state index is 0.650. The molecule has 0 bridgehead atoms. The van der Waals surface area contributed by atoms with Gasteiger partial charge < -0.3 is 0 Å². The van der Waals surface area contributed by atoms with Crippen LogP contribution >= 0.6 is 0 Å². The summed E-state index contributed by atoms with van der Waals surface area (Å²) in [5.74, 6) is 0. The average Bonchev–Trinajstić information content (AvgIpc) is 3.10. The number of fused-ring (bicyclic) bond motifs is 1. The molecule has 0 radical (unpaired) electrons. The summed E-state index contributed by atoms with van der Waals surface area (Å²) in [5.41, 5.74) is 5.37. The van der Waals surface area contributed by atoms with Crippen LogP contribution in [0, 0.1) is 0 Å². The normalized spacial score (nSPS) is 10.8. The van der Waals surface area contributed by atoms with Gasteiger partial charge in [-0.15, -0.1) is 0 Å². The molecule has 110 valence electrons. The third-order valence-corrected chi connectivity index (χ3v) is 3.82. The van der Waals surface area contributed by atoms with Crippen LogP contribution in [0.1, 0.15) is 10.4 Å². The van der Waals surface area contributed by atoms with Gasteiger partial charge in [0.2, 0.25) is 0 Å². The van der Waals surface area contributed by atoms with Crippen molar-refractivity contribution in [2.45, 2.75) is 0 Å². The van der Waals surface area contributed by atoms with Gasteiger partial charge in [-0.2, -0.15) is 0 Å². The first-order valence-corrected chi connectivity index (χ1v) is 7.29. The number of hydrogen-bond acceptors (Lipinski definition) is 3. The Morgan fingerprint density at radius 3 is 2.39 bits per heavy atom. The lowest BCUT2D eigenvalue weighted by Crippen LogP contribution is -1.96. The molecule has 0 spiro atoms. The first-order valence-electron chi connectivity index (χ1n) is 7.29. The van der Waals surface area contributed by atoms with E-state index < -0.39 is 0 Å². The van der Waals surface area contributed by atoms with Gasteiger partial charge >= 0.3 is 0 Å². The van der Waals surface area contributed by atoms with Gasteiger partial charge in [-0.05, 0) is 5.56 Å². The van der Waals surface area contributed by atoms with E-state index in [9.17, 15) is 4.79 Å². The van der Waals surface area contributed by atoms with Gasteiger partial charge in [0, 0.05) is 23.5 Å². The van der Waals surface area contributed by atoms with Crippen molar-refractivity contribution in [3.05, 3.63) is 78.9 Å². The van der Waals surface area contributed by atoms with Crippen molar-refractivity contribution in [3.8, 4) is 22.4 Å². The average molecular weight is 299 g/mol. The lowest BCUT2D eigenvalue weighted by Gasteiger charge is -2.11. The molecule has 4 rings (SSSR count). The molecule has 2 heterocycles. The van der Waals surface area contributed by atoms with Crippen molar-refractivity contribution >= 4 is 11.9 Å². The summed E-state index contributed by atoms with van der Waals surface area (Å²) in [6.45, 7) is 0. The molecule has 0 N–H and O–H groups in total. The fraction of sp³-hybridized carbons (Fsp3) is 0. The number of imidazole rings is 1. The molecule has 0 fully saturated rings.